The number of pyridine rings is 1. The highest BCUT2D eigenvalue weighted by atomic mass is 35.5. The maximum atomic E-state index is 6.05. The SMILES string of the molecule is CC(C)NCc1ccncc1N(C)Cc1cccc(Cl)c1. The van der Waals surface area contributed by atoms with E-state index in [2.05, 4.69) is 48.2 Å². The molecular formula is C17H22ClN3. The number of nitrogens with zero attached hydrogens (tertiary/aromatic N) is 2. The van der Waals surface area contributed by atoms with Crippen LogP contribution in [-0.2, 0) is 13.1 Å². The van der Waals surface area contributed by atoms with Gasteiger partial charge in [-0.15, -0.1) is 0 Å². The number of rotatable bonds is 6. The molecule has 0 amide bonds. The molecule has 3 nitrogen and oxygen atoms in total. The molecule has 2 aromatic rings. The Morgan fingerprint density at radius 2 is 2.10 bits per heavy atom. The van der Waals surface area contributed by atoms with Gasteiger partial charge in [0.1, 0.15) is 0 Å². The molecule has 1 aromatic heterocycles. The first-order valence-electron chi connectivity index (χ1n) is 7.18. The monoisotopic (exact) mass is 303 g/mol. The highest BCUT2D eigenvalue weighted by molar-refractivity contribution is 6.30. The van der Waals surface area contributed by atoms with Crippen LogP contribution >= 0.6 is 11.6 Å². The third kappa shape index (κ3) is 4.73. The van der Waals surface area contributed by atoms with Gasteiger partial charge in [-0.2, -0.15) is 0 Å². The number of aromatic nitrogens is 1. The van der Waals surface area contributed by atoms with Crippen molar-refractivity contribution in [3.8, 4) is 0 Å². The molecule has 0 saturated carbocycles. The second-order valence-electron chi connectivity index (χ2n) is 5.53. The molecule has 0 fully saturated rings. The number of anilines is 1. The van der Waals surface area contributed by atoms with Crippen molar-refractivity contribution in [2.45, 2.75) is 33.0 Å². The summed E-state index contributed by atoms with van der Waals surface area (Å²) in [6.07, 6.45) is 3.76. The zero-order valence-corrected chi connectivity index (χ0v) is 13.6. The lowest BCUT2D eigenvalue weighted by molar-refractivity contribution is 0.588. The van der Waals surface area contributed by atoms with E-state index in [4.69, 9.17) is 11.6 Å². The van der Waals surface area contributed by atoms with E-state index in [0.29, 0.717) is 6.04 Å². The van der Waals surface area contributed by atoms with Crippen LogP contribution in [0, 0.1) is 0 Å². The molecule has 1 heterocycles. The second kappa shape index (κ2) is 7.43. The minimum absolute atomic E-state index is 0.462. The third-order valence-electron chi connectivity index (χ3n) is 3.31. The van der Waals surface area contributed by atoms with E-state index >= 15 is 0 Å². The van der Waals surface area contributed by atoms with Gasteiger partial charge in [-0.1, -0.05) is 37.6 Å². The van der Waals surface area contributed by atoms with Crippen molar-refractivity contribution in [3.05, 3.63) is 58.9 Å². The molecule has 0 atom stereocenters. The highest BCUT2D eigenvalue weighted by Crippen LogP contribution is 2.21. The van der Waals surface area contributed by atoms with Crippen molar-refractivity contribution in [3.63, 3.8) is 0 Å². The van der Waals surface area contributed by atoms with Crippen LogP contribution in [0.1, 0.15) is 25.0 Å². The molecule has 4 heteroatoms. The van der Waals surface area contributed by atoms with Crippen molar-refractivity contribution >= 4 is 17.3 Å². The molecule has 21 heavy (non-hydrogen) atoms. The fraction of sp³-hybridized carbons (Fsp3) is 0.353. The Bertz CT molecular complexity index is 584. The third-order valence-corrected chi connectivity index (χ3v) is 3.54. The molecule has 0 aliphatic heterocycles. The average molecular weight is 304 g/mol. The molecule has 1 N–H and O–H groups in total. The Hall–Kier alpha value is -1.58. The van der Waals surface area contributed by atoms with Crippen LogP contribution in [0.4, 0.5) is 5.69 Å². The molecule has 0 saturated heterocycles. The van der Waals surface area contributed by atoms with Crippen LogP contribution in [0.5, 0.6) is 0 Å². The average Bonchev–Trinajstić information content (AvgIpc) is 2.45. The van der Waals surface area contributed by atoms with Crippen LogP contribution < -0.4 is 10.2 Å². The second-order valence-corrected chi connectivity index (χ2v) is 5.96. The highest BCUT2D eigenvalue weighted by Gasteiger charge is 2.09. The first kappa shape index (κ1) is 15.8. The van der Waals surface area contributed by atoms with Crippen LogP contribution in [0.3, 0.4) is 0 Å². The molecular weight excluding hydrogens is 282 g/mol. The molecule has 112 valence electrons. The van der Waals surface area contributed by atoms with Crippen molar-refractivity contribution < 1.29 is 0 Å². The number of hydrogen-bond acceptors (Lipinski definition) is 3. The predicted molar refractivity (Wildman–Crippen MR) is 89.8 cm³/mol. The van der Waals surface area contributed by atoms with E-state index in [1.54, 1.807) is 0 Å². The molecule has 0 aliphatic carbocycles. The van der Waals surface area contributed by atoms with E-state index in [1.165, 1.54) is 11.1 Å². The summed E-state index contributed by atoms with van der Waals surface area (Å²) < 4.78 is 0. The molecule has 0 bridgehead atoms. The topological polar surface area (TPSA) is 28.2 Å². The first-order valence-corrected chi connectivity index (χ1v) is 7.56. The summed E-state index contributed by atoms with van der Waals surface area (Å²) in [7, 11) is 2.08. The largest absolute Gasteiger partial charge is 0.369 e. The van der Waals surface area contributed by atoms with E-state index in [-0.39, 0.29) is 0 Å². The normalized spacial score (nSPS) is 10.9. The Labute approximate surface area is 132 Å². The number of hydrogen-bond donors (Lipinski definition) is 1. The maximum absolute atomic E-state index is 6.05. The standard InChI is InChI=1S/C17H22ClN3/c1-13(2)20-10-15-7-8-19-11-17(15)21(3)12-14-5-4-6-16(18)9-14/h4-9,11,13,20H,10,12H2,1-3H3. The predicted octanol–water partition coefficient (Wildman–Crippen LogP) is 3.87. The summed E-state index contributed by atoms with van der Waals surface area (Å²) in [5.41, 5.74) is 3.59. The number of benzene rings is 1. The van der Waals surface area contributed by atoms with Gasteiger partial charge < -0.3 is 10.2 Å². The van der Waals surface area contributed by atoms with Crippen molar-refractivity contribution in [1.82, 2.24) is 10.3 Å². The van der Waals surface area contributed by atoms with E-state index in [9.17, 15) is 0 Å². The van der Waals surface area contributed by atoms with E-state index in [0.717, 1.165) is 23.8 Å². The lowest BCUT2D eigenvalue weighted by Gasteiger charge is -2.23. The Morgan fingerprint density at radius 3 is 2.81 bits per heavy atom. The van der Waals surface area contributed by atoms with Gasteiger partial charge in [0.25, 0.3) is 0 Å². The molecule has 1 aromatic carbocycles. The van der Waals surface area contributed by atoms with Gasteiger partial charge in [0.2, 0.25) is 0 Å². The van der Waals surface area contributed by atoms with Crippen LogP contribution in [0.2, 0.25) is 5.02 Å². The molecule has 0 aliphatic rings. The molecule has 2 rings (SSSR count). The fourth-order valence-corrected chi connectivity index (χ4v) is 2.43. The zero-order chi connectivity index (χ0) is 15.2. The lowest BCUT2D eigenvalue weighted by atomic mass is 10.1. The number of halogens is 1. The summed E-state index contributed by atoms with van der Waals surface area (Å²) in [6.45, 7) is 5.95. The summed E-state index contributed by atoms with van der Waals surface area (Å²) in [5.74, 6) is 0. The van der Waals surface area contributed by atoms with Gasteiger partial charge >= 0.3 is 0 Å². The maximum Gasteiger partial charge on any atom is 0.0598 e. The first-order chi connectivity index (χ1) is 10.1. The van der Waals surface area contributed by atoms with Crippen molar-refractivity contribution in [1.29, 1.82) is 0 Å². The minimum Gasteiger partial charge on any atom is -0.369 e. The Balaban J connectivity index is 2.13. The molecule has 0 radical (unpaired) electrons. The Morgan fingerprint density at radius 1 is 1.29 bits per heavy atom. The number of nitrogens with one attached hydrogen (secondary N) is 1. The summed E-state index contributed by atoms with van der Waals surface area (Å²) in [5, 5.41) is 4.23. The van der Waals surface area contributed by atoms with Crippen LogP contribution in [0.15, 0.2) is 42.7 Å². The van der Waals surface area contributed by atoms with Gasteiger partial charge in [-0.3, -0.25) is 4.98 Å². The van der Waals surface area contributed by atoms with Gasteiger partial charge in [-0.05, 0) is 29.3 Å². The van der Waals surface area contributed by atoms with Crippen LogP contribution in [0.25, 0.3) is 0 Å². The summed E-state index contributed by atoms with van der Waals surface area (Å²) in [6, 6.07) is 10.5. The van der Waals surface area contributed by atoms with Gasteiger partial charge in [0.15, 0.2) is 0 Å². The van der Waals surface area contributed by atoms with E-state index < -0.39 is 0 Å². The van der Waals surface area contributed by atoms with E-state index in [1.807, 2.05) is 30.6 Å². The lowest BCUT2D eigenvalue weighted by Crippen LogP contribution is -2.24. The van der Waals surface area contributed by atoms with Gasteiger partial charge in [0.05, 0.1) is 11.9 Å². The summed E-state index contributed by atoms with van der Waals surface area (Å²) in [4.78, 5) is 6.46. The minimum atomic E-state index is 0.462. The van der Waals surface area contributed by atoms with Gasteiger partial charge in [0, 0.05) is 37.4 Å². The quantitative estimate of drug-likeness (QED) is 0.878. The fourth-order valence-electron chi connectivity index (χ4n) is 2.22. The van der Waals surface area contributed by atoms with Crippen LogP contribution in [-0.4, -0.2) is 18.1 Å². The van der Waals surface area contributed by atoms with Gasteiger partial charge in [-0.25, -0.2) is 0 Å². The zero-order valence-electron chi connectivity index (χ0n) is 12.8. The molecule has 0 spiro atoms. The smallest absolute Gasteiger partial charge is 0.0598 e. The Kier molecular flexibility index (Phi) is 5.59. The molecule has 0 unspecified atom stereocenters. The van der Waals surface area contributed by atoms with Crippen molar-refractivity contribution in [2.24, 2.45) is 0 Å². The summed E-state index contributed by atoms with van der Waals surface area (Å²) >= 11 is 6.05. The van der Waals surface area contributed by atoms with Crippen molar-refractivity contribution in [2.75, 3.05) is 11.9 Å².